The van der Waals surface area contributed by atoms with Crippen LogP contribution in [-0.2, 0) is 11.2 Å². The third-order valence-electron chi connectivity index (χ3n) is 3.16. The molecule has 4 nitrogen and oxygen atoms in total. The molecule has 0 fully saturated rings. The van der Waals surface area contributed by atoms with Gasteiger partial charge in [-0.25, -0.2) is 0 Å². The molecule has 0 atom stereocenters. The summed E-state index contributed by atoms with van der Waals surface area (Å²) in [5.41, 5.74) is 2.47. The quantitative estimate of drug-likeness (QED) is 0.705. The van der Waals surface area contributed by atoms with E-state index in [1.54, 1.807) is 0 Å². The highest BCUT2D eigenvalue weighted by Crippen LogP contribution is 2.27. The molecule has 0 bridgehead atoms. The van der Waals surface area contributed by atoms with Crippen molar-refractivity contribution in [2.75, 3.05) is 44.8 Å². The molecule has 1 aromatic carbocycles. The number of hydrogen-bond acceptors (Lipinski definition) is 4. The van der Waals surface area contributed by atoms with Crippen molar-refractivity contribution in [1.82, 2.24) is 5.32 Å². The van der Waals surface area contributed by atoms with Gasteiger partial charge in [-0.3, -0.25) is 0 Å². The highest BCUT2D eigenvalue weighted by atomic mass is 16.5. The van der Waals surface area contributed by atoms with Crippen LogP contribution in [-0.4, -0.2) is 39.5 Å². The molecule has 0 aliphatic carbocycles. The van der Waals surface area contributed by atoms with E-state index in [0.29, 0.717) is 0 Å². The van der Waals surface area contributed by atoms with Gasteiger partial charge in [-0.05, 0) is 50.6 Å². The third-order valence-corrected chi connectivity index (χ3v) is 3.16. The van der Waals surface area contributed by atoms with Gasteiger partial charge in [-0.1, -0.05) is 6.07 Å². The molecule has 0 saturated heterocycles. The van der Waals surface area contributed by atoms with E-state index >= 15 is 0 Å². The standard InChI is InChI=1S/C15H24N2O2/c1-2-18-10-3-7-16-8-6-13-4-5-15-14(12-13)17-9-11-19-15/h4-5,12,16-17H,2-3,6-11H2,1H3. The number of fused-ring (bicyclic) bond motifs is 1. The Kier molecular flexibility index (Phi) is 5.98. The number of nitrogens with one attached hydrogen (secondary N) is 2. The fraction of sp³-hybridized carbons (Fsp3) is 0.600. The monoisotopic (exact) mass is 264 g/mol. The lowest BCUT2D eigenvalue weighted by molar-refractivity contribution is 0.145. The predicted molar refractivity (Wildman–Crippen MR) is 78.1 cm³/mol. The summed E-state index contributed by atoms with van der Waals surface area (Å²) < 4.78 is 10.9. The first-order valence-electron chi connectivity index (χ1n) is 7.18. The molecule has 0 saturated carbocycles. The normalized spacial score (nSPS) is 13.5. The Hall–Kier alpha value is -1.26. The van der Waals surface area contributed by atoms with Crippen molar-refractivity contribution in [3.8, 4) is 5.75 Å². The summed E-state index contributed by atoms with van der Waals surface area (Å²) in [4.78, 5) is 0. The van der Waals surface area contributed by atoms with Crippen LogP contribution >= 0.6 is 0 Å². The first-order valence-corrected chi connectivity index (χ1v) is 7.18. The molecule has 0 radical (unpaired) electrons. The second-order valence-corrected chi connectivity index (χ2v) is 4.66. The molecule has 2 N–H and O–H groups in total. The van der Waals surface area contributed by atoms with Gasteiger partial charge in [-0.2, -0.15) is 0 Å². The number of benzene rings is 1. The summed E-state index contributed by atoms with van der Waals surface area (Å²) in [6.45, 7) is 7.37. The van der Waals surface area contributed by atoms with Crippen molar-refractivity contribution >= 4 is 5.69 Å². The SMILES string of the molecule is CCOCCCNCCc1ccc2c(c1)NCCO2. The van der Waals surface area contributed by atoms with Crippen molar-refractivity contribution < 1.29 is 9.47 Å². The molecule has 106 valence electrons. The van der Waals surface area contributed by atoms with Crippen LogP contribution in [0.1, 0.15) is 18.9 Å². The molecule has 1 heterocycles. The van der Waals surface area contributed by atoms with E-state index in [2.05, 4.69) is 28.8 Å². The summed E-state index contributed by atoms with van der Waals surface area (Å²) in [7, 11) is 0. The van der Waals surface area contributed by atoms with Crippen LogP contribution < -0.4 is 15.4 Å². The summed E-state index contributed by atoms with van der Waals surface area (Å²) >= 11 is 0. The lowest BCUT2D eigenvalue weighted by atomic mass is 10.1. The largest absolute Gasteiger partial charge is 0.490 e. The zero-order valence-corrected chi connectivity index (χ0v) is 11.7. The Morgan fingerprint density at radius 3 is 3.21 bits per heavy atom. The van der Waals surface area contributed by atoms with Crippen LogP contribution in [0.4, 0.5) is 5.69 Å². The van der Waals surface area contributed by atoms with Gasteiger partial charge >= 0.3 is 0 Å². The fourth-order valence-corrected chi connectivity index (χ4v) is 2.14. The van der Waals surface area contributed by atoms with Crippen LogP contribution in [0.15, 0.2) is 18.2 Å². The maximum Gasteiger partial charge on any atom is 0.142 e. The second-order valence-electron chi connectivity index (χ2n) is 4.66. The predicted octanol–water partition coefficient (Wildman–Crippen LogP) is 2.05. The van der Waals surface area contributed by atoms with Gasteiger partial charge in [0.2, 0.25) is 0 Å². The maximum absolute atomic E-state index is 5.57. The average molecular weight is 264 g/mol. The van der Waals surface area contributed by atoms with Gasteiger partial charge in [-0.15, -0.1) is 0 Å². The summed E-state index contributed by atoms with van der Waals surface area (Å²) in [6, 6.07) is 6.40. The zero-order chi connectivity index (χ0) is 13.3. The first-order chi connectivity index (χ1) is 9.40. The first kappa shape index (κ1) is 14.2. The molecular weight excluding hydrogens is 240 g/mol. The van der Waals surface area contributed by atoms with Crippen molar-refractivity contribution in [2.45, 2.75) is 19.8 Å². The minimum absolute atomic E-state index is 0.758. The number of rotatable bonds is 8. The summed E-state index contributed by atoms with van der Waals surface area (Å²) in [5.74, 6) is 0.972. The molecule has 4 heteroatoms. The van der Waals surface area contributed by atoms with Gasteiger partial charge < -0.3 is 20.1 Å². The van der Waals surface area contributed by atoms with E-state index < -0.39 is 0 Å². The Balaban J connectivity index is 1.66. The molecular formula is C15H24N2O2. The zero-order valence-electron chi connectivity index (χ0n) is 11.7. The molecule has 1 aliphatic heterocycles. The van der Waals surface area contributed by atoms with Crippen LogP contribution in [0.2, 0.25) is 0 Å². The number of hydrogen-bond donors (Lipinski definition) is 2. The topological polar surface area (TPSA) is 42.5 Å². The van der Waals surface area contributed by atoms with E-state index in [9.17, 15) is 0 Å². The molecule has 1 aromatic rings. The van der Waals surface area contributed by atoms with Crippen molar-refractivity contribution in [2.24, 2.45) is 0 Å². The lowest BCUT2D eigenvalue weighted by Gasteiger charge is -2.19. The van der Waals surface area contributed by atoms with E-state index in [4.69, 9.17) is 9.47 Å². The molecule has 0 spiro atoms. The lowest BCUT2D eigenvalue weighted by Crippen LogP contribution is -2.20. The highest BCUT2D eigenvalue weighted by molar-refractivity contribution is 5.59. The number of ether oxygens (including phenoxy) is 2. The van der Waals surface area contributed by atoms with Crippen LogP contribution in [0.5, 0.6) is 5.75 Å². The van der Waals surface area contributed by atoms with Crippen LogP contribution in [0, 0.1) is 0 Å². The molecule has 19 heavy (non-hydrogen) atoms. The van der Waals surface area contributed by atoms with Gasteiger partial charge in [0.1, 0.15) is 12.4 Å². The smallest absolute Gasteiger partial charge is 0.142 e. The number of anilines is 1. The van der Waals surface area contributed by atoms with Gasteiger partial charge in [0.05, 0.1) is 5.69 Å². The van der Waals surface area contributed by atoms with Gasteiger partial charge in [0.15, 0.2) is 0 Å². The summed E-state index contributed by atoms with van der Waals surface area (Å²) in [5, 5.41) is 6.81. The molecule has 1 aliphatic rings. The average Bonchev–Trinajstić information content (AvgIpc) is 2.46. The van der Waals surface area contributed by atoms with E-state index in [1.807, 2.05) is 6.92 Å². The van der Waals surface area contributed by atoms with E-state index in [1.165, 1.54) is 5.56 Å². The van der Waals surface area contributed by atoms with Gasteiger partial charge in [0.25, 0.3) is 0 Å². The molecule has 0 amide bonds. The molecule has 2 rings (SSSR count). The highest BCUT2D eigenvalue weighted by Gasteiger charge is 2.09. The van der Waals surface area contributed by atoms with Crippen molar-refractivity contribution in [1.29, 1.82) is 0 Å². The van der Waals surface area contributed by atoms with E-state index in [0.717, 1.165) is 63.7 Å². The minimum atomic E-state index is 0.758. The van der Waals surface area contributed by atoms with Crippen molar-refractivity contribution in [3.63, 3.8) is 0 Å². The minimum Gasteiger partial charge on any atom is -0.490 e. The Morgan fingerprint density at radius 1 is 1.37 bits per heavy atom. The Morgan fingerprint density at radius 2 is 2.32 bits per heavy atom. The third kappa shape index (κ3) is 4.73. The van der Waals surface area contributed by atoms with Gasteiger partial charge in [0, 0.05) is 19.8 Å². The molecule has 0 aromatic heterocycles. The molecule has 0 unspecified atom stereocenters. The fourth-order valence-electron chi connectivity index (χ4n) is 2.14. The maximum atomic E-state index is 5.57. The second kappa shape index (κ2) is 8.02. The van der Waals surface area contributed by atoms with Crippen LogP contribution in [0.25, 0.3) is 0 Å². The van der Waals surface area contributed by atoms with Crippen molar-refractivity contribution in [3.05, 3.63) is 23.8 Å². The Labute approximate surface area is 115 Å². The summed E-state index contributed by atoms with van der Waals surface area (Å²) in [6.07, 6.45) is 2.12. The van der Waals surface area contributed by atoms with Crippen LogP contribution in [0.3, 0.4) is 0 Å². The van der Waals surface area contributed by atoms with E-state index in [-0.39, 0.29) is 0 Å². The Bertz CT molecular complexity index is 382.